The Morgan fingerprint density at radius 2 is 2.35 bits per heavy atom. The summed E-state index contributed by atoms with van der Waals surface area (Å²) in [5.41, 5.74) is -0.441. The van der Waals surface area contributed by atoms with Crippen LogP contribution in [0.3, 0.4) is 0 Å². The highest BCUT2D eigenvalue weighted by Crippen LogP contribution is 2.25. The molecular weight excluding hydrogens is 283 g/mol. The van der Waals surface area contributed by atoms with Gasteiger partial charge < -0.3 is 5.32 Å². The SMILES string of the molecule is Cc1cc([N+](=O)[O-])cc(C(=O)NCC2CCCS2)c1F. The van der Waals surface area contributed by atoms with Crippen LogP contribution in [-0.2, 0) is 0 Å². The van der Waals surface area contributed by atoms with Crippen LogP contribution in [0.25, 0.3) is 0 Å². The number of thioether (sulfide) groups is 1. The minimum atomic E-state index is -0.702. The Hall–Kier alpha value is -1.63. The Labute approximate surface area is 120 Å². The van der Waals surface area contributed by atoms with Crippen molar-refractivity contribution < 1.29 is 14.1 Å². The highest BCUT2D eigenvalue weighted by molar-refractivity contribution is 8.00. The Kier molecular flexibility index (Phi) is 4.59. The first-order valence-electron chi connectivity index (χ1n) is 6.33. The van der Waals surface area contributed by atoms with Gasteiger partial charge >= 0.3 is 0 Å². The maximum Gasteiger partial charge on any atom is 0.270 e. The molecule has 1 unspecified atom stereocenters. The van der Waals surface area contributed by atoms with Gasteiger partial charge in [-0.3, -0.25) is 14.9 Å². The number of rotatable bonds is 4. The number of halogens is 1. The Morgan fingerprint density at radius 1 is 1.60 bits per heavy atom. The third kappa shape index (κ3) is 3.27. The zero-order chi connectivity index (χ0) is 14.7. The van der Waals surface area contributed by atoms with E-state index in [4.69, 9.17) is 0 Å². The minimum absolute atomic E-state index is 0.0968. The quantitative estimate of drug-likeness (QED) is 0.685. The number of nitrogens with zero attached hydrogens (tertiary/aromatic N) is 1. The normalized spacial score (nSPS) is 18.0. The molecule has 1 heterocycles. The molecule has 0 saturated carbocycles. The van der Waals surface area contributed by atoms with Crippen LogP contribution in [0.2, 0.25) is 0 Å². The molecule has 1 aromatic carbocycles. The van der Waals surface area contributed by atoms with Crippen LogP contribution < -0.4 is 5.32 Å². The Balaban J connectivity index is 2.13. The number of aryl methyl sites for hydroxylation is 1. The number of hydrogen-bond acceptors (Lipinski definition) is 4. The second-order valence-electron chi connectivity index (χ2n) is 4.73. The highest BCUT2D eigenvalue weighted by Gasteiger charge is 2.21. The van der Waals surface area contributed by atoms with Gasteiger partial charge in [-0.25, -0.2) is 4.39 Å². The number of hydrogen-bond donors (Lipinski definition) is 1. The van der Waals surface area contributed by atoms with Crippen molar-refractivity contribution in [3.63, 3.8) is 0 Å². The van der Waals surface area contributed by atoms with Gasteiger partial charge in [0.1, 0.15) is 5.82 Å². The molecule has 1 aromatic rings. The van der Waals surface area contributed by atoms with Crippen molar-refractivity contribution in [2.45, 2.75) is 25.0 Å². The number of nitro benzene ring substituents is 1. The standard InChI is InChI=1S/C13H15FN2O3S/c1-8-5-9(16(18)19)6-11(12(8)14)13(17)15-7-10-3-2-4-20-10/h5-6,10H,2-4,7H2,1H3,(H,15,17). The fourth-order valence-electron chi connectivity index (χ4n) is 2.13. The zero-order valence-electron chi connectivity index (χ0n) is 11.0. The second kappa shape index (κ2) is 6.21. The number of non-ortho nitro benzene ring substituents is 1. The Bertz CT molecular complexity index is 545. The van der Waals surface area contributed by atoms with E-state index in [2.05, 4.69) is 5.32 Å². The summed E-state index contributed by atoms with van der Waals surface area (Å²) >= 11 is 1.78. The van der Waals surface area contributed by atoms with E-state index in [1.165, 1.54) is 6.92 Å². The van der Waals surface area contributed by atoms with Gasteiger partial charge in [0.2, 0.25) is 0 Å². The molecule has 0 spiro atoms. The molecule has 1 aliphatic rings. The van der Waals surface area contributed by atoms with Crippen LogP contribution in [0.4, 0.5) is 10.1 Å². The van der Waals surface area contributed by atoms with Crippen LogP contribution >= 0.6 is 11.8 Å². The van der Waals surface area contributed by atoms with E-state index in [1.54, 1.807) is 11.8 Å². The molecule has 1 fully saturated rings. The molecule has 0 bridgehead atoms. The molecule has 2 rings (SSSR count). The lowest BCUT2D eigenvalue weighted by Gasteiger charge is -2.11. The molecular formula is C13H15FN2O3S. The fourth-order valence-corrected chi connectivity index (χ4v) is 3.33. The van der Waals surface area contributed by atoms with Crippen molar-refractivity contribution in [2.24, 2.45) is 0 Å². The molecule has 108 valence electrons. The number of amides is 1. The summed E-state index contributed by atoms with van der Waals surface area (Å²) in [6.07, 6.45) is 2.15. The van der Waals surface area contributed by atoms with Crippen molar-refractivity contribution in [2.75, 3.05) is 12.3 Å². The largest absolute Gasteiger partial charge is 0.351 e. The van der Waals surface area contributed by atoms with Gasteiger partial charge in [0.25, 0.3) is 11.6 Å². The molecule has 1 N–H and O–H groups in total. The van der Waals surface area contributed by atoms with Gasteiger partial charge in [-0.05, 0) is 31.1 Å². The molecule has 1 atom stereocenters. The second-order valence-corrected chi connectivity index (χ2v) is 6.13. The number of nitro groups is 1. The maximum atomic E-state index is 13.9. The lowest BCUT2D eigenvalue weighted by Crippen LogP contribution is -2.30. The summed E-state index contributed by atoms with van der Waals surface area (Å²) in [5, 5.41) is 13.8. The molecule has 20 heavy (non-hydrogen) atoms. The predicted octanol–water partition coefficient (Wildman–Crippen LogP) is 2.67. The van der Waals surface area contributed by atoms with Crippen molar-refractivity contribution in [3.05, 3.63) is 39.2 Å². The van der Waals surface area contributed by atoms with Crippen molar-refractivity contribution in [1.82, 2.24) is 5.32 Å². The lowest BCUT2D eigenvalue weighted by molar-refractivity contribution is -0.385. The summed E-state index contributed by atoms with van der Waals surface area (Å²) in [6, 6.07) is 2.11. The van der Waals surface area contributed by atoms with Crippen LogP contribution in [0.1, 0.15) is 28.8 Å². The molecule has 7 heteroatoms. The van der Waals surface area contributed by atoms with Gasteiger partial charge in [-0.2, -0.15) is 11.8 Å². The molecule has 0 aliphatic carbocycles. The highest BCUT2D eigenvalue weighted by atomic mass is 32.2. The summed E-state index contributed by atoms with van der Waals surface area (Å²) in [7, 11) is 0. The monoisotopic (exact) mass is 298 g/mol. The summed E-state index contributed by atoms with van der Waals surface area (Å²) in [4.78, 5) is 22.1. The lowest BCUT2D eigenvalue weighted by atomic mass is 10.1. The van der Waals surface area contributed by atoms with Crippen molar-refractivity contribution in [3.8, 4) is 0 Å². The van der Waals surface area contributed by atoms with Crippen LogP contribution in [0.5, 0.6) is 0 Å². The number of nitrogens with one attached hydrogen (secondary N) is 1. The molecule has 1 saturated heterocycles. The van der Waals surface area contributed by atoms with E-state index in [-0.39, 0.29) is 16.8 Å². The number of carbonyl (C=O) groups excluding carboxylic acids is 1. The van der Waals surface area contributed by atoms with Crippen LogP contribution in [0.15, 0.2) is 12.1 Å². The van der Waals surface area contributed by atoms with Crippen molar-refractivity contribution in [1.29, 1.82) is 0 Å². The number of carbonyl (C=O) groups is 1. The average molecular weight is 298 g/mol. The molecule has 0 aromatic heterocycles. The van der Waals surface area contributed by atoms with E-state index in [0.717, 1.165) is 30.7 Å². The minimum Gasteiger partial charge on any atom is -0.351 e. The molecule has 0 radical (unpaired) electrons. The van der Waals surface area contributed by atoms with E-state index in [9.17, 15) is 19.3 Å². The fraction of sp³-hybridized carbons (Fsp3) is 0.462. The summed E-state index contributed by atoms with van der Waals surface area (Å²) in [5.74, 6) is -0.223. The van der Waals surface area contributed by atoms with Gasteiger partial charge in [0.05, 0.1) is 10.5 Å². The van der Waals surface area contributed by atoms with Crippen LogP contribution in [-0.4, -0.2) is 28.4 Å². The van der Waals surface area contributed by atoms with E-state index in [1.807, 2.05) is 0 Å². The van der Waals surface area contributed by atoms with E-state index in [0.29, 0.717) is 11.8 Å². The smallest absolute Gasteiger partial charge is 0.270 e. The van der Waals surface area contributed by atoms with Crippen molar-refractivity contribution >= 4 is 23.4 Å². The van der Waals surface area contributed by atoms with E-state index >= 15 is 0 Å². The van der Waals surface area contributed by atoms with Gasteiger partial charge in [0.15, 0.2) is 0 Å². The topological polar surface area (TPSA) is 72.2 Å². The first kappa shape index (κ1) is 14.8. The third-order valence-corrected chi connectivity index (χ3v) is 4.61. The first-order chi connectivity index (χ1) is 9.49. The maximum absolute atomic E-state index is 13.9. The predicted molar refractivity (Wildman–Crippen MR) is 75.6 cm³/mol. The Morgan fingerprint density at radius 3 is 2.95 bits per heavy atom. The van der Waals surface area contributed by atoms with Gasteiger partial charge in [0, 0.05) is 23.9 Å². The van der Waals surface area contributed by atoms with Crippen LogP contribution in [0, 0.1) is 22.9 Å². The zero-order valence-corrected chi connectivity index (χ0v) is 11.8. The third-order valence-electron chi connectivity index (χ3n) is 3.21. The number of benzene rings is 1. The van der Waals surface area contributed by atoms with E-state index < -0.39 is 16.6 Å². The summed E-state index contributed by atoms with van der Waals surface area (Å²) < 4.78 is 13.9. The molecule has 1 amide bonds. The summed E-state index contributed by atoms with van der Waals surface area (Å²) in [6.45, 7) is 1.87. The first-order valence-corrected chi connectivity index (χ1v) is 7.38. The molecule has 5 nitrogen and oxygen atoms in total. The van der Waals surface area contributed by atoms with Gasteiger partial charge in [-0.1, -0.05) is 0 Å². The average Bonchev–Trinajstić information content (AvgIpc) is 2.92. The van der Waals surface area contributed by atoms with Gasteiger partial charge in [-0.15, -0.1) is 0 Å². The molecule has 1 aliphatic heterocycles.